The number of carbonyl (C=O) groups excluding carboxylic acids is 3. The van der Waals surface area contributed by atoms with E-state index in [-0.39, 0.29) is 48.1 Å². The van der Waals surface area contributed by atoms with Crippen molar-refractivity contribution < 1.29 is 19.1 Å². The molecule has 5 atom stereocenters. The number of hydrogen-bond donors (Lipinski definition) is 1. The van der Waals surface area contributed by atoms with E-state index in [1.165, 1.54) is 4.90 Å². The first-order chi connectivity index (χ1) is 14.1. The number of hydrogen-bond acceptors (Lipinski definition) is 4. The molecule has 0 radical (unpaired) electrons. The molecule has 2 heterocycles. The van der Waals surface area contributed by atoms with Gasteiger partial charge in [-0.05, 0) is 23.8 Å². The number of ether oxygens (including phenoxy) is 1. The molecule has 5 unspecified atom stereocenters. The maximum Gasteiger partial charge on any atom is 0.317 e. The smallest absolute Gasteiger partial charge is 0.317 e. The Morgan fingerprint density at radius 3 is 2.28 bits per heavy atom. The zero-order valence-electron chi connectivity index (χ0n) is 16.2. The van der Waals surface area contributed by atoms with Gasteiger partial charge in [-0.1, -0.05) is 42.5 Å². The topological polar surface area (TPSA) is 79.0 Å². The fraction of sp³-hybridized carbons (Fsp3) is 0.500. The van der Waals surface area contributed by atoms with Gasteiger partial charge in [0, 0.05) is 19.6 Å². The predicted octanol–water partition coefficient (Wildman–Crippen LogP) is 1.58. The summed E-state index contributed by atoms with van der Waals surface area (Å²) in [7, 11) is 0. The third-order valence-electron chi connectivity index (χ3n) is 6.75. The molecule has 7 heteroatoms. The largest absolute Gasteiger partial charge is 0.378 e. The Morgan fingerprint density at radius 1 is 1.03 bits per heavy atom. The van der Waals surface area contributed by atoms with Crippen LogP contribution in [-0.2, 0) is 14.3 Å². The summed E-state index contributed by atoms with van der Waals surface area (Å²) in [5.74, 6) is -0.313. The minimum Gasteiger partial charge on any atom is -0.378 e. The Bertz CT molecular complexity index is 819. The number of nitrogens with one attached hydrogen (secondary N) is 1. The third kappa shape index (κ3) is 3.04. The average Bonchev–Trinajstić information content (AvgIpc) is 3.44. The van der Waals surface area contributed by atoms with E-state index >= 15 is 0 Å². The second-order valence-electron chi connectivity index (χ2n) is 8.26. The molecule has 1 aromatic rings. The number of carbonyl (C=O) groups is 3. The van der Waals surface area contributed by atoms with E-state index in [0.717, 1.165) is 12.0 Å². The Kier molecular flexibility index (Phi) is 4.62. The number of fused-ring (bicyclic) bond motifs is 5. The molecule has 2 bridgehead atoms. The molecular weight excluding hydrogens is 370 g/mol. The third-order valence-corrected chi connectivity index (χ3v) is 6.75. The lowest BCUT2D eigenvalue weighted by atomic mass is 9.85. The van der Waals surface area contributed by atoms with Gasteiger partial charge in [-0.15, -0.1) is 0 Å². The van der Waals surface area contributed by atoms with Gasteiger partial charge in [0.1, 0.15) is 0 Å². The zero-order chi connectivity index (χ0) is 20.0. The first kappa shape index (κ1) is 18.4. The van der Waals surface area contributed by atoms with E-state index in [1.807, 2.05) is 30.3 Å². The second-order valence-corrected chi connectivity index (χ2v) is 8.26. The molecule has 1 saturated carbocycles. The highest BCUT2D eigenvalue weighted by Crippen LogP contribution is 2.53. The zero-order valence-corrected chi connectivity index (χ0v) is 16.2. The van der Waals surface area contributed by atoms with Crippen molar-refractivity contribution in [1.29, 1.82) is 0 Å². The van der Waals surface area contributed by atoms with Crippen LogP contribution in [0.4, 0.5) is 4.79 Å². The van der Waals surface area contributed by atoms with E-state index in [0.29, 0.717) is 26.3 Å². The highest BCUT2D eigenvalue weighted by atomic mass is 16.5. The minimum absolute atomic E-state index is 0.0914. The summed E-state index contributed by atoms with van der Waals surface area (Å²) in [6, 6.07) is 8.83. The summed E-state index contributed by atoms with van der Waals surface area (Å²) in [4.78, 5) is 42.3. The second kappa shape index (κ2) is 7.30. The van der Waals surface area contributed by atoms with Crippen molar-refractivity contribution in [3.05, 3.63) is 48.0 Å². The molecule has 2 aliphatic carbocycles. The van der Waals surface area contributed by atoms with Crippen LogP contribution in [0, 0.1) is 23.7 Å². The lowest BCUT2D eigenvalue weighted by Gasteiger charge is -2.31. The summed E-state index contributed by atoms with van der Waals surface area (Å²) >= 11 is 0. The highest BCUT2D eigenvalue weighted by Gasteiger charge is 2.60. The normalized spacial score (nSPS) is 31.3. The number of allylic oxidation sites excluding steroid dienone is 2. The van der Waals surface area contributed by atoms with Crippen molar-refractivity contribution in [3.63, 3.8) is 0 Å². The minimum atomic E-state index is -0.494. The van der Waals surface area contributed by atoms with Crippen LogP contribution in [-0.4, -0.2) is 60.5 Å². The maximum absolute atomic E-state index is 13.3. The molecule has 5 rings (SSSR count). The fourth-order valence-electron chi connectivity index (χ4n) is 5.33. The molecule has 4 aliphatic rings. The van der Waals surface area contributed by atoms with Crippen LogP contribution in [0.15, 0.2) is 42.5 Å². The summed E-state index contributed by atoms with van der Waals surface area (Å²) < 4.78 is 5.30. The Labute approximate surface area is 169 Å². The van der Waals surface area contributed by atoms with Gasteiger partial charge in [-0.25, -0.2) is 4.79 Å². The van der Waals surface area contributed by atoms with Crippen molar-refractivity contribution in [2.24, 2.45) is 23.7 Å². The molecule has 0 aromatic heterocycles. The molecule has 4 amide bonds. The van der Waals surface area contributed by atoms with Gasteiger partial charge in [0.05, 0.1) is 31.1 Å². The molecule has 1 N–H and O–H groups in total. The number of morpholine rings is 1. The number of nitrogens with zero attached hydrogens (tertiary/aromatic N) is 2. The predicted molar refractivity (Wildman–Crippen MR) is 105 cm³/mol. The molecule has 152 valence electrons. The Balaban J connectivity index is 1.37. The van der Waals surface area contributed by atoms with Crippen LogP contribution in [0.5, 0.6) is 0 Å². The summed E-state index contributed by atoms with van der Waals surface area (Å²) in [6.07, 6.45) is 5.10. The van der Waals surface area contributed by atoms with Crippen LogP contribution in [0.25, 0.3) is 0 Å². The van der Waals surface area contributed by atoms with E-state index in [1.54, 1.807) is 4.90 Å². The van der Waals surface area contributed by atoms with Gasteiger partial charge in [0.2, 0.25) is 11.8 Å². The van der Waals surface area contributed by atoms with Crippen LogP contribution in [0.2, 0.25) is 0 Å². The monoisotopic (exact) mass is 395 g/mol. The molecule has 1 aromatic carbocycles. The van der Waals surface area contributed by atoms with Gasteiger partial charge < -0.3 is 15.0 Å². The molecule has 2 aliphatic heterocycles. The van der Waals surface area contributed by atoms with Crippen molar-refractivity contribution in [2.45, 2.75) is 12.5 Å². The van der Waals surface area contributed by atoms with Gasteiger partial charge in [0.25, 0.3) is 0 Å². The average molecular weight is 395 g/mol. The van der Waals surface area contributed by atoms with E-state index in [4.69, 9.17) is 4.74 Å². The van der Waals surface area contributed by atoms with Crippen molar-refractivity contribution in [2.75, 3.05) is 32.8 Å². The van der Waals surface area contributed by atoms with Crippen LogP contribution >= 0.6 is 0 Å². The lowest BCUT2D eigenvalue weighted by molar-refractivity contribution is -0.143. The number of rotatable bonds is 4. The number of imide groups is 1. The number of likely N-dealkylation sites (tertiary alicyclic amines) is 1. The fourth-order valence-corrected chi connectivity index (χ4v) is 5.33. The Morgan fingerprint density at radius 2 is 1.66 bits per heavy atom. The number of amides is 4. The van der Waals surface area contributed by atoms with Crippen LogP contribution in [0.1, 0.15) is 18.0 Å². The lowest BCUT2D eigenvalue weighted by Crippen LogP contribution is -2.49. The van der Waals surface area contributed by atoms with Gasteiger partial charge in [-0.3, -0.25) is 14.5 Å². The van der Waals surface area contributed by atoms with Gasteiger partial charge in [-0.2, -0.15) is 0 Å². The van der Waals surface area contributed by atoms with Crippen LogP contribution in [0.3, 0.4) is 0 Å². The van der Waals surface area contributed by atoms with E-state index < -0.39 is 6.04 Å². The maximum atomic E-state index is 13.3. The molecular formula is C22H25N3O4. The molecule has 7 nitrogen and oxygen atoms in total. The van der Waals surface area contributed by atoms with Crippen molar-refractivity contribution in [3.8, 4) is 0 Å². The summed E-state index contributed by atoms with van der Waals surface area (Å²) in [6.45, 7) is 2.35. The summed E-state index contributed by atoms with van der Waals surface area (Å²) in [5, 5.41) is 2.94. The number of urea groups is 1. The first-order valence-corrected chi connectivity index (χ1v) is 10.4. The Hall–Kier alpha value is -2.67. The highest BCUT2D eigenvalue weighted by molar-refractivity contribution is 6.06. The van der Waals surface area contributed by atoms with Crippen LogP contribution < -0.4 is 5.32 Å². The van der Waals surface area contributed by atoms with Crippen molar-refractivity contribution in [1.82, 2.24) is 15.1 Å². The molecule has 2 saturated heterocycles. The molecule has 3 fully saturated rings. The van der Waals surface area contributed by atoms with Gasteiger partial charge >= 0.3 is 6.03 Å². The standard InChI is InChI=1S/C22H25N3O4/c26-20-18-15-6-7-16(12-15)19(18)21(27)25(20)17(14-4-2-1-3-5-14)13-23-22(28)24-8-10-29-11-9-24/h1-7,15-19H,8-13H2,(H,23,28). The van der Waals surface area contributed by atoms with Crippen molar-refractivity contribution >= 4 is 17.8 Å². The quantitative estimate of drug-likeness (QED) is 0.620. The summed E-state index contributed by atoms with van der Waals surface area (Å²) in [5.41, 5.74) is 0.858. The SMILES string of the molecule is O=C(NCC(c1ccccc1)N1C(=O)C2C3C=CC(C3)C2C1=O)N1CCOCC1. The molecule has 29 heavy (non-hydrogen) atoms. The van der Waals surface area contributed by atoms with Gasteiger partial charge in [0.15, 0.2) is 0 Å². The number of benzene rings is 1. The van der Waals surface area contributed by atoms with E-state index in [9.17, 15) is 14.4 Å². The first-order valence-electron chi connectivity index (χ1n) is 10.4. The van der Waals surface area contributed by atoms with E-state index in [2.05, 4.69) is 17.5 Å². The molecule has 0 spiro atoms.